The molecule has 2 rings (SSSR count). The fraction of sp³-hybridized carbons (Fsp3) is 0.235. The van der Waals surface area contributed by atoms with E-state index in [-0.39, 0.29) is 5.78 Å². The largest absolute Gasteiger partial charge is 0.496 e. The number of ether oxygens (including phenoxy) is 1. The number of carbonyl (C=O) groups is 1. The molecule has 0 aromatic heterocycles. The zero-order chi connectivity index (χ0) is 13.8. The van der Waals surface area contributed by atoms with Crippen LogP contribution in [0.25, 0.3) is 11.1 Å². The molecule has 0 aliphatic rings. The zero-order valence-corrected chi connectivity index (χ0v) is 11.6. The first kappa shape index (κ1) is 13.3. The fourth-order valence-corrected chi connectivity index (χ4v) is 2.13. The van der Waals surface area contributed by atoms with Gasteiger partial charge in [-0.1, -0.05) is 31.2 Å². The summed E-state index contributed by atoms with van der Waals surface area (Å²) in [6.45, 7) is 3.90. The minimum atomic E-state index is 0.173. The third-order valence-electron chi connectivity index (χ3n) is 3.23. The van der Waals surface area contributed by atoms with Crippen LogP contribution >= 0.6 is 0 Å². The van der Waals surface area contributed by atoms with Gasteiger partial charge in [0.1, 0.15) is 5.75 Å². The van der Waals surface area contributed by atoms with Crippen molar-refractivity contribution in [2.24, 2.45) is 0 Å². The quantitative estimate of drug-likeness (QED) is 0.762. The van der Waals surface area contributed by atoms with Gasteiger partial charge in [-0.05, 0) is 41.8 Å². The highest BCUT2D eigenvalue weighted by Gasteiger charge is 2.06. The second kappa shape index (κ2) is 5.70. The Kier molecular flexibility index (Phi) is 4.00. The Morgan fingerprint density at radius 2 is 1.84 bits per heavy atom. The maximum absolute atomic E-state index is 11.7. The third kappa shape index (κ3) is 2.84. The first-order valence-electron chi connectivity index (χ1n) is 6.44. The molecular formula is C17H18O2. The number of Topliss-reactive ketones (excluding diaryl/α,β-unsaturated/α-hetero) is 1. The average Bonchev–Trinajstić information content (AvgIpc) is 2.46. The van der Waals surface area contributed by atoms with Crippen molar-refractivity contribution in [3.8, 4) is 16.9 Å². The number of aryl methyl sites for hydroxylation is 1. The molecule has 0 unspecified atom stereocenters. The van der Waals surface area contributed by atoms with Crippen molar-refractivity contribution in [3.05, 3.63) is 53.6 Å². The van der Waals surface area contributed by atoms with E-state index in [1.165, 1.54) is 0 Å². The van der Waals surface area contributed by atoms with Gasteiger partial charge < -0.3 is 4.74 Å². The van der Waals surface area contributed by atoms with E-state index in [0.29, 0.717) is 6.42 Å². The maximum Gasteiger partial charge on any atom is 0.162 e. The van der Waals surface area contributed by atoms with E-state index >= 15 is 0 Å². The number of benzene rings is 2. The molecule has 2 heteroatoms. The highest BCUT2D eigenvalue weighted by Crippen LogP contribution is 2.26. The summed E-state index contributed by atoms with van der Waals surface area (Å²) >= 11 is 0. The van der Waals surface area contributed by atoms with Crippen LogP contribution in [0.15, 0.2) is 42.5 Å². The van der Waals surface area contributed by atoms with E-state index < -0.39 is 0 Å². The summed E-state index contributed by atoms with van der Waals surface area (Å²) in [6, 6.07) is 13.8. The molecule has 0 saturated carbocycles. The summed E-state index contributed by atoms with van der Waals surface area (Å²) in [5, 5.41) is 0. The monoisotopic (exact) mass is 254 g/mol. The minimum Gasteiger partial charge on any atom is -0.496 e. The van der Waals surface area contributed by atoms with E-state index in [1.807, 2.05) is 50.2 Å². The van der Waals surface area contributed by atoms with Gasteiger partial charge in [-0.15, -0.1) is 0 Å². The molecule has 0 aliphatic carbocycles. The summed E-state index contributed by atoms with van der Waals surface area (Å²) < 4.78 is 5.26. The molecule has 0 radical (unpaired) electrons. The number of rotatable bonds is 4. The van der Waals surface area contributed by atoms with Gasteiger partial charge in [-0.25, -0.2) is 0 Å². The van der Waals surface area contributed by atoms with Crippen LogP contribution in [0, 0.1) is 6.92 Å². The highest BCUT2D eigenvalue weighted by atomic mass is 16.5. The molecule has 0 amide bonds. The number of hydrogen-bond acceptors (Lipinski definition) is 2. The van der Waals surface area contributed by atoms with Crippen LogP contribution in [0.4, 0.5) is 0 Å². The van der Waals surface area contributed by atoms with Crippen LogP contribution in [-0.2, 0) is 0 Å². The lowest BCUT2D eigenvalue weighted by atomic mass is 9.99. The average molecular weight is 254 g/mol. The Hall–Kier alpha value is -2.09. The molecule has 0 atom stereocenters. The Balaban J connectivity index is 2.41. The van der Waals surface area contributed by atoms with Crippen molar-refractivity contribution in [1.82, 2.24) is 0 Å². The normalized spacial score (nSPS) is 10.3. The highest BCUT2D eigenvalue weighted by molar-refractivity contribution is 5.97. The van der Waals surface area contributed by atoms with Gasteiger partial charge in [-0.3, -0.25) is 4.79 Å². The van der Waals surface area contributed by atoms with Crippen molar-refractivity contribution in [2.75, 3.05) is 7.11 Å². The third-order valence-corrected chi connectivity index (χ3v) is 3.23. The number of hydrogen-bond donors (Lipinski definition) is 0. The van der Waals surface area contributed by atoms with Gasteiger partial charge in [0.2, 0.25) is 0 Å². The molecule has 98 valence electrons. The van der Waals surface area contributed by atoms with Crippen LogP contribution < -0.4 is 4.74 Å². The van der Waals surface area contributed by atoms with Gasteiger partial charge >= 0.3 is 0 Å². The van der Waals surface area contributed by atoms with Crippen molar-refractivity contribution in [2.45, 2.75) is 20.3 Å². The molecule has 0 spiro atoms. The lowest BCUT2D eigenvalue weighted by molar-refractivity contribution is 0.0988. The second-order valence-corrected chi connectivity index (χ2v) is 4.54. The number of ketones is 1. The van der Waals surface area contributed by atoms with Crippen molar-refractivity contribution < 1.29 is 9.53 Å². The van der Waals surface area contributed by atoms with Crippen LogP contribution in [0.1, 0.15) is 29.3 Å². The molecule has 0 heterocycles. The van der Waals surface area contributed by atoms with Crippen LogP contribution in [0.3, 0.4) is 0 Å². The standard InChI is InChI=1S/C17H18O2/c1-4-16(18)15-7-5-6-13(11-15)14-8-9-17(19-3)12(2)10-14/h5-11H,4H2,1-3H3. The van der Waals surface area contributed by atoms with Gasteiger partial charge in [0.15, 0.2) is 5.78 Å². The van der Waals surface area contributed by atoms with Crippen LogP contribution in [0.2, 0.25) is 0 Å². The molecule has 2 aromatic rings. The Morgan fingerprint density at radius 3 is 2.47 bits per heavy atom. The van der Waals surface area contributed by atoms with Crippen molar-refractivity contribution in [1.29, 1.82) is 0 Å². The molecule has 2 nitrogen and oxygen atoms in total. The van der Waals surface area contributed by atoms with E-state index in [4.69, 9.17) is 4.74 Å². The predicted molar refractivity (Wildman–Crippen MR) is 77.8 cm³/mol. The lowest BCUT2D eigenvalue weighted by Gasteiger charge is -2.08. The summed E-state index contributed by atoms with van der Waals surface area (Å²) in [4.78, 5) is 11.7. The first-order valence-corrected chi connectivity index (χ1v) is 6.44. The van der Waals surface area contributed by atoms with Gasteiger partial charge in [0.05, 0.1) is 7.11 Å². The Morgan fingerprint density at radius 1 is 1.11 bits per heavy atom. The molecule has 0 aliphatic heterocycles. The Labute approximate surface area is 114 Å². The molecule has 0 saturated heterocycles. The molecule has 2 aromatic carbocycles. The van der Waals surface area contributed by atoms with Crippen LogP contribution in [0.5, 0.6) is 5.75 Å². The summed E-state index contributed by atoms with van der Waals surface area (Å²) in [6.07, 6.45) is 0.533. The molecule has 19 heavy (non-hydrogen) atoms. The first-order chi connectivity index (χ1) is 9.15. The van der Waals surface area contributed by atoms with Gasteiger partial charge in [-0.2, -0.15) is 0 Å². The summed E-state index contributed by atoms with van der Waals surface area (Å²) in [5.41, 5.74) is 4.02. The predicted octanol–water partition coefficient (Wildman–Crippen LogP) is 4.26. The SMILES string of the molecule is CCC(=O)c1cccc(-c2ccc(OC)c(C)c2)c1. The zero-order valence-electron chi connectivity index (χ0n) is 11.6. The van der Waals surface area contributed by atoms with Crippen LogP contribution in [-0.4, -0.2) is 12.9 Å². The number of carbonyl (C=O) groups excluding carboxylic acids is 1. The molecule has 0 N–H and O–H groups in total. The Bertz CT molecular complexity index is 600. The fourth-order valence-electron chi connectivity index (χ4n) is 2.13. The number of methoxy groups -OCH3 is 1. The van der Waals surface area contributed by atoms with Gasteiger partial charge in [0, 0.05) is 12.0 Å². The molecular weight excluding hydrogens is 236 g/mol. The van der Waals surface area contributed by atoms with E-state index in [2.05, 4.69) is 6.07 Å². The molecule has 0 fully saturated rings. The van der Waals surface area contributed by atoms with Crippen molar-refractivity contribution >= 4 is 5.78 Å². The minimum absolute atomic E-state index is 0.173. The van der Waals surface area contributed by atoms with Crippen molar-refractivity contribution in [3.63, 3.8) is 0 Å². The maximum atomic E-state index is 11.7. The second-order valence-electron chi connectivity index (χ2n) is 4.54. The van der Waals surface area contributed by atoms with E-state index in [0.717, 1.165) is 28.0 Å². The smallest absolute Gasteiger partial charge is 0.162 e. The van der Waals surface area contributed by atoms with Gasteiger partial charge in [0.25, 0.3) is 0 Å². The van der Waals surface area contributed by atoms with E-state index in [9.17, 15) is 4.79 Å². The molecule has 0 bridgehead atoms. The van der Waals surface area contributed by atoms with E-state index in [1.54, 1.807) is 7.11 Å². The summed E-state index contributed by atoms with van der Waals surface area (Å²) in [7, 11) is 1.67. The lowest BCUT2D eigenvalue weighted by Crippen LogP contribution is -1.96. The topological polar surface area (TPSA) is 26.3 Å². The summed E-state index contributed by atoms with van der Waals surface area (Å²) in [5.74, 6) is 1.05.